The Balaban J connectivity index is 2.49. The molecule has 0 aromatic heterocycles. The van der Waals surface area contributed by atoms with Crippen LogP contribution in [0.5, 0.6) is 0 Å². The largest absolute Gasteiger partial charge is 0.481 e. The van der Waals surface area contributed by atoms with Crippen molar-refractivity contribution in [2.75, 3.05) is 13.1 Å². The van der Waals surface area contributed by atoms with Crippen molar-refractivity contribution in [3.8, 4) is 0 Å². The Labute approximate surface area is 109 Å². The highest BCUT2D eigenvalue weighted by Gasteiger charge is 2.34. The van der Waals surface area contributed by atoms with Crippen LogP contribution in [0.4, 0.5) is 4.79 Å². The lowest BCUT2D eigenvalue weighted by molar-refractivity contribution is -0.142. The molecule has 0 aromatic carbocycles. The average molecular weight is 256 g/mol. The molecular weight excluding hydrogens is 232 g/mol. The maximum atomic E-state index is 12.0. The van der Waals surface area contributed by atoms with Gasteiger partial charge in [-0.2, -0.15) is 0 Å². The van der Waals surface area contributed by atoms with Crippen molar-refractivity contribution in [2.45, 2.75) is 52.0 Å². The van der Waals surface area contributed by atoms with E-state index in [2.05, 4.69) is 12.2 Å². The number of aliphatic carboxylic acids is 1. The zero-order chi connectivity index (χ0) is 13.5. The second-order valence-electron chi connectivity index (χ2n) is 4.86. The number of carboxylic acid groups (broad SMARTS) is 1. The number of amides is 2. The Morgan fingerprint density at radius 2 is 2.06 bits per heavy atom. The Bertz CT molecular complexity index is 294. The van der Waals surface area contributed by atoms with Gasteiger partial charge in [0.05, 0.1) is 5.92 Å². The normalized spacial score (nSPS) is 22.8. The van der Waals surface area contributed by atoms with Gasteiger partial charge in [-0.1, -0.05) is 19.8 Å². The molecule has 2 atom stereocenters. The Hall–Kier alpha value is -1.26. The highest BCUT2D eigenvalue weighted by atomic mass is 16.4. The summed E-state index contributed by atoms with van der Waals surface area (Å²) in [4.78, 5) is 24.8. The number of hydrogen-bond acceptors (Lipinski definition) is 2. The van der Waals surface area contributed by atoms with Gasteiger partial charge in [-0.25, -0.2) is 4.79 Å². The fourth-order valence-electron chi connectivity index (χ4n) is 2.43. The van der Waals surface area contributed by atoms with Gasteiger partial charge < -0.3 is 15.3 Å². The van der Waals surface area contributed by atoms with Gasteiger partial charge in [-0.05, 0) is 26.2 Å². The van der Waals surface area contributed by atoms with E-state index in [0.717, 1.165) is 32.2 Å². The minimum atomic E-state index is -0.797. The van der Waals surface area contributed by atoms with E-state index in [1.54, 1.807) is 4.90 Å². The number of nitrogens with one attached hydrogen (secondary N) is 1. The molecule has 0 aromatic rings. The number of carboxylic acids is 1. The first-order valence-corrected chi connectivity index (χ1v) is 6.88. The summed E-state index contributed by atoms with van der Waals surface area (Å²) in [6, 6.07) is -0.324. The summed E-state index contributed by atoms with van der Waals surface area (Å²) in [5.41, 5.74) is 0. The minimum Gasteiger partial charge on any atom is -0.481 e. The SMILES string of the molecule is CCCCN(CC)C(=O)NC1CCCC1C(=O)O. The molecule has 0 radical (unpaired) electrons. The van der Waals surface area contributed by atoms with Crippen molar-refractivity contribution in [3.05, 3.63) is 0 Å². The molecule has 5 nitrogen and oxygen atoms in total. The number of hydrogen-bond donors (Lipinski definition) is 2. The van der Waals surface area contributed by atoms with Crippen LogP contribution in [0.25, 0.3) is 0 Å². The van der Waals surface area contributed by atoms with Gasteiger partial charge in [0, 0.05) is 19.1 Å². The van der Waals surface area contributed by atoms with E-state index in [1.807, 2.05) is 6.92 Å². The lowest BCUT2D eigenvalue weighted by Crippen LogP contribution is -2.47. The van der Waals surface area contributed by atoms with Crippen LogP contribution in [0.1, 0.15) is 46.0 Å². The van der Waals surface area contributed by atoms with Crippen LogP contribution < -0.4 is 5.32 Å². The average Bonchev–Trinajstić information content (AvgIpc) is 2.78. The maximum Gasteiger partial charge on any atom is 0.317 e. The quantitative estimate of drug-likeness (QED) is 0.764. The summed E-state index contributed by atoms with van der Waals surface area (Å²) in [5.74, 6) is -1.21. The number of nitrogens with zero attached hydrogens (tertiary/aromatic N) is 1. The molecule has 1 saturated carbocycles. The van der Waals surface area contributed by atoms with Crippen molar-refractivity contribution in [1.82, 2.24) is 10.2 Å². The summed E-state index contributed by atoms with van der Waals surface area (Å²) < 4.78 is 0. The zero-order valence-corrected chi connectivity index (χ0v) is 11.3. The van der Waals surface area contributed by atoms with E-state index >= 15 is 0 Å². The smallest absolute Gasteiger partial charge is 0.317 e. The topological polar surface area (TPSA) is 69.6 Å². The van der Waals surface area contributed by atoms with E-state index in [-0.39, 0.29) is 12.1 Å². The Morgan fingerprint density at radius 1 is 1.33 bits per heavy atom. The predicted molar refractivity (Wildman–Crippen MR) is 69.5 cm³/mol. The first kappa shape index (κ1) is 14.8. The van der Waals surface area contributed by atoms with Crippen LogP contribution in [0.15, 0.2) is 0 Å². The molecule has 1 aliphatic carbocycles. The van der Waals surface area contributed by atoms with E-state index < -0.39 is 11.9 Å². The molecule has 18 heavy (non-hydrogen) atoms. The first-order valence-electron chi connectivity index (χ1n) is 6.88. The van der Waals surface area contributed by atoms with Crippen molar-refractivity contribution >= 4 is 12.0 Å². The molecule has 0 saturated heterocycles. The molecule has 0 heterocycles. The molecule has 2 unspecified atom stereocenters. The summed E-state index contributed by atoms with van der Waals surface area (Å²) >= 11 is 0. The fourth-order valence-corrected chi connectivity index (χ4v) is 2.43. The standard InChI is InChI=1S/C13H24N2O3/c1-3-5-9-15(4-2)13(18)14-11-8-6-7-10(11)12(16)17/h10-11H,3-9H2,1-2H3,(H,14,18)(H,16,17). The predicted octanol–water partition coefficient (Wildman–Crippen LogP) is 2.07. The summed E-state index contributed by atoms with van der Waals surface area (Å²) in [5, 5.41) is 11.9. The molecule has 1 rings (SSSR count). The number of urea groups is 1. The molecule has 0 bridgehead atoms. The van der Waals surface area contributed by atoms with Gasteiger partial charge in [0.1, 0.15) is 0 Å². The summed E-state index contributed by atoms with van der Waals surface area (Å²) in [6.45, 7) is 5.43. The molecule has 2 N–H and O–H groups in total. The van der Waals surface area contributed by atoms with E-state index in [0.29, 0.717) is 13.0 Å². The maximum absolute atomic E-state index is 12.0. The third-order valence-corrected chi connectivity index (χ3v) is 3.59. The number of unbranched alkanes of at least 4 members (excludes halogenated alkanes) is 1. The van der Waals surface area contributed by atoms with Gasteiger partial charge >= 0.3 is 12.0 Å². The summed E-state index contributed by atoms with van der Waals surface area (Å²) in [7, 11) is 0. The molecular formula is C13H24N2O3. The molecule has 5 heteroatoms. The fraction of sp³-hybridized carbons (Fsp3) is 0.846. The van der Waals surface area contributed by atoms with E-state index in [9.17, 15) is 9.59 Å². The second-order valence-corrected chi connectivity index (χ2v) is 4.86. The van der Waals surface area contributed by atoms with Gasteiger partial charge in [0.2, 0.25) is 0 Å². The lowest BCUT2D eigenvalue weighted by atomic mass is 10.0. The van der Waals surface area contributed by atoms with Crippen LogP contribution in [0.3, 0.4) is 0 Å². The van der Waals surface area contributed by atoms with Crippen LogP contribution in [0, 0.1) is 5.92 Å². The van der Waals surface area contributed by atoms with E-state index in [4.69, 9.17) is 5.11 Å². The van der Waals surface area contributed by atoms with E-state index in [1.165, 1.54) is 0 Å². The number of rotatable bonds is 6. The molecule has 0 aliphatic heterocycles. The van der Waals surface area contributed by atoms with Gasteiger partial charge in [-0.15, -0.1) is 0 Å². The van der Waals surface area contributed by atoms with Gasteiger partial charge in [-0.3, -0.25) is 4.79 Å². The first-order chi connectivity index (χ1) is 8.60. The third kappa shape index (κ3) is 3.89. The molecule has 1 fully saturated rings. The highest BCUT2D eigenvalue weighted by Crippen LogP contribution is 2.25. The number of carbonyl (C=O) groups excluding carboxylic acids is 1. The van der Waals surface area contributed by atoms with Crippen LogP contribution in [-0.4, -0.2) is 41.1 Å². The molecule has 0 spiro atoms. The van der Waals surface area contributed by atoms with Crippen molar-refractivity contribution < 1.29 is 14.7 Å². The zero-order valence-electron chi connectivity index (χ0n) is 11.3. The molecule has 104 valence electrons. The van der Waals surface area contributed by atoms with Crippen molar-refractivity contribution in [3.63, 3.8) is 0 Å². The van der Waals surface area contributed by atoms with Crippen LogP contribution in [0.2, 0.25) is 0 Å². The highest BCUT2D eigenvalue weighted by molar-refractivity contribution is 5.77. The van der Waals surface area contributed by atoms with Crippen LogP contribution in [-0.2, 0) is 4.79 Å². The van der Waals surface area contributed by atoms with Crippen LogP contribution >= 0.6 is 0 Å². The molecule has 1 aliphatic rings. The van der Waals surface area contributed by atoms with Gasteiger partial charge in [0.25, 0.3) is 0 Å². The summed E-state index contributed by atoms with van der Waals surface area (Å²) in [6.07, 6.45) is 4.34. The van der Waals surface area contributed by atoms with Gasteiger partial charge in [0.15, 0.2) is 0 Å². The Morgan fingerprint density at radius 3 is 2.61 bits per heavy atom. The monoisotopic (exact) mass is 256 g/mol. The third-order valence-electron chi connectivity index (χ3n) is 3.59. The Kier molecular flexibility index (Phi) is 5.95. The minimum absolute atomic E-state index is 0.121. The molecule has 2 amide bonds. The van der Waals surface area contributed by atoms with Crippen molar-refractivity contribution in [2.24, 2.45) is 5.92 Å². The lowest BCUT2D eigenvalue weighted by Gasteiger charge is -2.25. The number of carbonyl (C=O) groups is 2. The second kappa shape index (κ2) is 7.24. The van der Waals surface area contributed by atoms with Crippen molar-refractivity contribution in [1.29, 1.82) is 0 Å².